The lowest BCUT2D eigenvalue weighted by atomic mass is 9.81. The van der Waals surface area contributed by atoms with Gasteiger partial charge in [-0.2, -0.15) is 9.94 Å². The number of thiazole rings is 1. The Labute approximate surface area is 207 Å². The molecular weight excluding hydrogens is 518 g/mol. The lowest BCUT2D eigenvalue weighted by molar-refractivity contribution is -0.120. The lowest BCUT2D eigenvalue weighted by Gasteiger charge is -2.19. The summed E-state index contributed by atoms with van der Waals surface area (Å²) in [5.74, 6) is -2.10. The van der Waals surface area contributed by atoms with Crippen molar-refractivity contribution in [3.05, 3.63) is 86.4 Å². The SMILES string of the molecule is COc1ccc(-c2cnc(-n3[nH]c(C)c([C@@H](c4ccc(Br)cc4)[C@H](C#N)C(N)=O)c3=O)s2)cc1. The highest BCUT2D eigenvalue weighted by molar-refractivity contribution is 9.10. The number of benzene rings is 2. The van der Waals surface area contributed by atoms with E-state index in [1.165, 1.54) is 16.0 Å². The van der Waals surface area contributed by atoms with Gasteiger partial charge in [-0.25, -0.2) is 4.98 Å². The quantitative estimate of drug-likeness (QED) is 0.366. The summed E-state index contributed by atoms with van der Waals surface area (Å²) in [6, 6.07) is 16.6. The molecule has 2 atom stereocenters. The number of ether oxygens (including phenoxy) is 1. The summed E-state index contributed by atoms with van der Waals surface area (Å²) in [6.45, 7) is 1.73. The number of hydrogen-bond donors (Lipinski definition) is 2. The number of rotatable bonds is 7. The monoisotopic (exact) mass is 537 g/mol. The van der Waals surface area contributed by atoms with Crippen LogP contribution >= 0.6 is 27.3 Å². The maximum atomic E-state index is 13.6. The summed E-state index contributed by atoms with van der Waals surface area (Å²) >= 11 is 4.72. The topological polar surface area (TPSA) is 127 Å². The molecule has 0 radical (unpaired) electrons. The van der Waals surface area contributed by atoms with E-state index in [9.17, 15) is 14.9 Å². The molecule has 2 aromatic heterocycles. The number of aromatic nitrogens is 3. The van der Waals surface area contributed by atoms with Gasteiger partial charge in [-0.05, 0) is 54.4 Å². The molecule has 0 spiro atoms. The van der Waals surface area contributed by atoms with Gasteiger partial charge in [0.2, 0.25) is 11.0 Å². The minimum Gasteiger partial charge on any atom is -0.497 e. The molecule has 4 aromatic rings. The normalized spacial score (nSPS) is 12.6. The molecule has 0 unspecified atom stereocenters. The summed E-state index contributed by atoms with van der Waals surface area (Å²) < 4.78 is 7.37. The molecule has 0 saturated heterocycles. The number of hydrogen-bond acceptors (Lipinski definition) is 6. The first-order valence-electron chi connectivity index (χ1n) is 10.2. The molecule has 2 aromatic carbocycles. The zero-order valence-electron chi connectivity index (χ0n) is 18.3. The second-order valence-electron chi connectivity index (χ2n) is 7.56. The fourth-order valence-electron chi connectivity index (χ4n) is 3.82. The molecule has 0 aliphatic carbocycles. The zero-order chi connectivity index (χ0) is 24.4. The number of nitrogens with zero attached hydrogens (tertiary/aromatic N) is 3. The summed E-state index contributed by atoms with van der Waals surface area (Å²) in [6.07, 6.45) is 1.69. The summed E-state index contributed by atoms with van der Waals surface area (Å²) in [5, 5.41) is 13.2. The summed E-state index contributed by atoms with van der Waals surface area (Å²) in [4.78, 5) is 31.0. The molecule has 0 aliphatic heterocycles. The predicted octanol–water partition coefficient (Wildman–Crippen LogP) is 4.13. The number of carbonyl (C=O) groups excluding carboxylic acids is 1. The average molecular weight is 538 g/mol. The van der Waals surface area contributed by atoms with Crippen molar-refractivity contribution in [3.8, 4) is 27.4 Å². The van der Waals surface area contributed by atoms with Gasteiger partial charge in [-0.1, -0.05) is 39.4 Å². The van der Waals surface area contributed by atoms with E-state index >= 15 is 0 Å². The van der Waals surface area contributed by atoms with Gasteiger partial charge in [0.25, 0.3) is 5.56 Å². The second-order valence-corrected chi connectivity index (χ2v) is 9.49. The van der Waals surface area contributed by atoms with Gasteiger partial charge in [0.05, 0.1) is 18.1 Å². The predicted molar refractivity (Wildman–Crippen MR) is 133 cm³/mol. The van der Waals surface area contributed by atoms with Crippen LogP contribution in [0.1, 0.15) is 22.7 Å². The minimum absolute atomic E-state index is 0.300. The van der Waals surface area contributed by atoms with Crippen molar-refractivity contribution in [1.29, 1.82) is 5.26 Å². The Morgan fingerprint density at radius 1 is 1.24 bits per heavy atom. The van der Waals surface area contributed by atoms with Crippen molar-refractivity contribution in [2.75, 3.05) is 7.11 Å². The first-order valence-corrected chi connectivity index (χ1v) is 11.8. The van der Waals surface area contributed by atoms with Crippen LogP contribution in [0.4, 0.5) is 0 Å². The maximum absolute atomic E-state index is 13.6. The van der Waals surface area contributed by atoms with Crippen molar-refractivity contribution in [3.63, 3.8) is 0 Å². The Morgan fingerprint density at radius 3 is 2.50 bits per heavy atom. The Hall–Kier alpha value is -3.68. The van der Waals surface area contributed by atoms with Crippen LogP contribution in [-0.4, -0.2) is 27.8 Å². The van der Waals surface area contributed by atoms with E-state index < -0.39 is 17.7 Å². The third-order valence-electron chi connectivity index (χ3n) is 5.50. The summed E-state index contributed by atoms with van der Waals surface area (Å²) in [7, 11) is 1.61. The Bertz CT molecular complexity index is 1430. The smallest absolute Gasteiger partial charge is 0.277 e. The molecule has 0 saturated carbocycles. The Kier molecular flexibility index (Phi) is 6.68. The number of nitrogens with one attached hydrogen (secondary N) is 1. The molecule has 34 heavy (non-hydrogen) atoms. The lowest BCUT2D eigenvalue weighted by Crippen LogP contribution is -2.31. The number of H-pyrrole nitrogens is 1. The summed E-state index contributed by atoms with van der Waals surface area (Å²) in [5.41, 5.74) is 7.57. The van der Waals surface area contributed by atoms with E-state index in [4.69, 9.17) is 10.5 Å². The van der Waals surface area contributed by atoms with E-state index in [2.05, 4.69) is 26.0 Å². The number of nitrogens with two attached hydrogens (primary N) is 1. The van der Waals surface area contributed by atoms with E-state index in [0.29, 0.717) is 22.0 Å². The van der Waals surface area contributed by atoms with Gasteiger partial charge in [-0.15, -0.1) is 0 Å². The molecule has 10 heteroatoms. The molecule has 4 rings (SSSR count). The number of carbonyl (C=O) groups is 1. The van der Waals surface area contributed by atoms with Crippen LogP contribution in [0.25, 0.3) is 15.6 Å². The van der Waals surface area contributed by atoms with Crippen LogP contribution in [0.5, 0.6) is 5.75 Å². The highest BCUT2D eigenvalue weighted by Gasteiger charge is 2.34. The Balaban J connectivity index is 1.80. The van der Waals surface area contributed by atoms with E-state index in [0.717, 1.165) is 20.7 Å². The largest absolute Gasteiger partial charge is 0.497 e. The van der Waals surface area contributed by atoms with Crippen LogP contribution < -0.4 is 16.0 Å². The van der Waals surface area contributed by atoms with Crippen LogP contribution in [-0.2, 0) is 4.79 Å². The van der Waals surface area contributed by atoms with Crippen molar-refractivity contribution in [2.45, 2.75) is 12.8 Å². The van der Waals surface area contributed by atoms with Crippen molar-refractivity contribution < 1.29 is 9.53 Å². The number of aromatic amines is 1. The van der Waals surface area contributed by atoms with Gasteiger partial charge in [0.15, 0.2) is 0 Å². The highest BCUT2D eigenvalue weighted by Crippen LogP contribution is 2.34. The first kappa shape index (κ1) is 23.5. The van der Waals surface area contributed by atoms with Gasteiger partial charge in [-0.3, -0.25) is 14.7 Å². The van der Waals surface area contributed by atoms with Gasteiger partial charge in [0, 0.05) is 27.8 Å². The second kappa shape index (κ2) is 9.67. The van der Waals surface area contributed by atoms with Crippen LogP contribution in [0, 0.1) is 24.2 Å². The van der Waals surface area contributed by atoms with Crippen LogP contribution in [0.15, 0.2) is 64.0 Å². The van der Waals surface area contributed by atoms with Crippen molar-refractivity contribution >= 4 is 33.2 Å². The fourth-order valence-corrected chi connectivity index (χ4v) is 4.96. The van der Waals surface area contributed by atoms with Crippen molar-refractivity contribution in [2.24, 2.45) is 11.7 Å². The van der Waals surface area contributed by atoms with Gasteiger partial charge >= 0.3 is 0 Å². The molecule has 2 heterocycles. The van der Waals surface area contributed by atoms with Gasteiger partial charge < -0.3 is 10.5 Å². The number of amides is 1. The van der Waals surface area contributed by atoms with Crippen molar-refractivity contribution in [1.82, 2.24) is 14.8 Å². The molecule has 172 valence electrons. The third-order valence-corrected chi connectivity index (χ3v) is 7.06. The molecule has 8 nitrogen and oxygen atoms in total. The molecule has 0 bridgehead atoms. The minimum atomic E-state index is -1.22. The molecule has 0 aliphatic rings. The Morgan fingerprint density at radius 2 is 1.91 bits per heavy atom. The maximum Gasteiger partial charge on any atom is 0.277 e. The van der Waals surface area contributed by atoms with Gasteiger partial charge in [0.1, 0.15) is 11.7 Å². The number of primary amides is 1. The fraction of sp³-hybridized carbons (Fsp3) is 0.167. The molecule has 1 amide bonds. The molecule has 3 N–H and O–H groups in total. The van der Waals surface area contributed by atoms with Crippen LogP contribution in [0.3, 0.4) is 0 Å². The number of aryl methyl sites for hydroxylation is 1. The zero-order valence-corrected chi connectivity index (χ0v) is 20.7. The van der Waals surface area contributed by atoms with E-state index in [1.54, 1.807) is 44.5 Å². The molecule has 0 fully saturated rings. The third kappa shape index (κ3) is 4.40. The number of halogens is 1. The first-order chi connectivity index (χ1) is 16.3. The van der Waals surface area contributed by atoms with E-state index in [1.807, 2.05) is 30.3 Å². The van der Waals surface area contributed by atoms with E-state index in [-0.39, 0.29) is 5.56 Å². The number of methoxy groups -OCH3 is 1. The van der Waals surface area contributed by atoms with Crippen LogP contribution in [0.2, 0.25) is 0 Å². The average Bonchev–Trinajstić information content (AvgIpc) is 3.43. The standard InChI is InChI=1S/C24H20BrN5O3S/c1-13-20(21(18(11-26)22(27)31)15-3-7-16(25)8-4-15)23(32)30(29-13)24-28-12-19(34-24)14-5-9-17(33-2)10-6-14/h3-10,12,18,21,29H,1-2H3,(H2,27,31)/t18-,21-/m0/s1. The number of nitriles is 1. The molecular formula is C24H20BrN5O3S. The highest BCUT2D eigenvalue weighted by atomic mass is 79.9.